The average molecular weight is 485 g/mol. The van der Waals surface area contributed by atoms with E-state index in [0.29, 0.717) is 36.1 Å². The van der Waals surface area contributed by atoms with Crippen LogP contribution in [0.3, 0.4) is 0 Å². The van der Waals surface area contributed by atoms with E-state index in [-0.39, 0.29) is 36.7 Å². The molecule has 0 fully saturated rings. The number of methoxy groups -OCH3 is 3. The van der Waals surface area contributed by atoms with Crippen LogP contribution in [-0.2, 0) is 22.6 Å². The topological polar surface area (TPSA) is 124 Å². The average Bonchev–Trinajstić information content (AvgIpc) is 2.81. The summed E-state index contributed by atoms with van der Waals surface area (Å²) in [4.78, 5) is 29.4. The summed E-state index contributed by atoms with van der Waals surface area (Å²) in [5, 5.41) is 5.52. The molecule has 0 aliphatic rings. The predicted octanol–water partition coefficient (Wildman–Crippen LogP) is 2.81. The lowest BCUT2D eigenvalue weighted by atomic mass is 10.0. The smallest absolute Gasteiger partial charge is 0.231 e. The maximum absolute atomic E-state index is 12.6. The molecule has 0 aromatic heterocycles. The number of aliphatic imine (C=N–C) groups is 1. The molecular weight excluding hydrogens is 448 g/mol. The first-order valence-electron chi connectivity index (χ1n) is 11.5. The Hall–Kier alpha value is -3.75. The molecule has 9 nitrogen and oxygen atoms in total. The van der Waals surface area contributed by atoms with Gasteiger partial charge >= 0.3 is 0 Å². The van der Waals surface area contributed by atoms with Gasteiger partial charge in [0.15, 0.2) is 17.5 Å². The lowest BCUT2D eigenvalue weighted by molar-refractivity contribution is -0.121. The van der Waals surface area contributed by atoms with Gasteiger partial charge in [-0.2, -0.15) is 0 Å². The molecule has 2 aromatic rings. The number of nitrogens with zero attached hydrogens (tertiary/aromatic N) is 1. The number of carbonyl (C=O) groups is 2. The minimum Gasteiger partial charge on any atom is -0.497 e. The Labute approximate surface area is 207 Å². The van der Waals surface area contributed by atoms with E-state index in [0.717, 1.165) is 11.1 Å². The highest BCUT2D eigenvalue weighted by Crippen LogP contribution is 2.27. The molecule has 2 rings (SSSR count). The third-order valence-electron chi connectivity index (χ3n) is 5.19. The van der Waals surface area contributed by atoms with Gasteiger partial charge in [-0.3, -0.25) is 14.9 Å². The van der Waals surface area contributed by atoms with Crippen LogP contribution in [0.5, 0.6) is 17.2 Å². The predicted molar refractivity (Wildman–Crippen MR) is 136 cm³/mol. The molecule has 1 atom stereocenters. The van der Waals surface area contributed by atoms with E-state index >= 15 is 0 Å². The van der Waals surface area contributed by atoms with E-state index in [4.69, 9.17) is 19.9 Å². The molecule has 9 heteroatoms. The van der Waals surface area contributed by atoms with E-state index in [1.807, 2.05) is 44.2 Å². The van der Waals surface area contributed by atoms with Gasteiger partial charge in [-0.1, -0.05) is 32.0 Å². The van der Waals surface area contributed by atoms with Crippen LogP contribution in [0.25, 0.3) is 0 Å². The largest absolute Gasteiger partial charge is 0.497 e. The first-order chi connectivity index (χ1) is 16.7. The second-order valence-electron chi connectivity index (χ2n) is 8.54. The van der Waals surface area contributed by atoms with Crippen molar-refractivity contribution in [2.45, 2.75) is 45.7 Å². The van der Waals surface area contributed by atoms with Gasteiger partial charge < -0.3 is 25.3 Å². The normalized spacial score (nSPS) is 12.1. The Bertz CT molecular complexity index is 1020. The van der Waals surface area contributed by atoms with Crippen LogP contribution < -0.4 is 30.6 Å². The summed E-state index contributed by atoms with van der Waals surface area (Å²) in [7, 11) is 4.71. The SMILES string of the molecule is COc1cccc(CC(=O)NC(N)=N[C@@H](CC(=O)NCc2ccc(OC)c(OC)c2)CC(C)C)c1. The summed E-state index contributed by atoms with van der Waals surface area (Å²) < 4.78 is 15.7. The Morgan fingerprint density at radius 1 is 0.943 bits per heavy atom. The third-order valence-corrected chi connectivity index (χ3v) is 5.19. The fourth-order valence-electron chi connectivity index (χ4n) is 3.59. The molecule has 2 amide bonds. The Morgan fingerprint density at radius 3 is 2.34 bits per heavy atom. The van der Waals surface area contributed by atoms with Crippen LogP contribution >= 0.6 is 0 Å². The second-order valence-corrected chi connectivity index (χ2v) is 8.54. The summed E-state index contributed by atoms with van der Waals surface area (Å²) in [6.07, 6.45) is 0.933. The number of rotatable bonds is 12. The molecule has 0 saturated heterocycles. The summed E-state index contributed by atoms with van der Waals surface area (Å²) in [5.74, 6) is 1.73. The van der Waals surface area contributed by atoms with Crippen LogP contribution in [0.2, 0.25) is 0 Å². The van der Waals surface area contributed by atoms with Gasteiger partial charge in [0, 0.05) is 13.0 Å². The molecule has 0 spiro atoms. The summed E-state index contributed by atoms with van der Waals surface area (Å²) in [5.41, 5.74) is 7.67. The van der Waals surface area contributed by atoms with Crippen LogP contribution in [0, 0.1) is 5.92 Å². The molecule has 0 heterocycles. The van der Waals surface area contributed by atoms with Gasteiger partial charge in [0.25, 0.3) is 0 Å². The number of hydrogen-bond donors (Lipinski definition) is 3. The minimum atomic E-state index is -0.363. The fraction of sp³-hybridized carbons (Fsp3) is 0.423. The molecule has 2 aromatic carbocycles. The maximum atomic E-state index is 12.6. The number of nitrogens with two attached hydrogens (primary N) is 1. The van der Waals surface area contributed by atoms with Crippen LogP contribution in [0.4, 0.5) is 0 Å². The minimum absolute atomic E-state index is 0.00348. The van der Waals surface area contributed by atoms with Gasteiger partial charge in [0.05, 0.1) is 33.8 Å². The monoisotopic (exact) mass is 484 g/mol. The Kier molecular flexibility index (Phi) is 10.9. The van der Waals surface area contributed by atoms with Gasteiger partial charge in [0.1, 0.15) is 5.75 Å². The molecule has 190 valence electrons. The van der Waals surface area contributed by atoms with E-state index in [1.165, 1.54) is 0 Å². The number of nitrogens with one attached hydrogen (secondary N) is 2. The first kappa shape index (κ1) is 27.5. The third kappa shape index (κ3) is 9.56. The molecule has 0 radical (unpaired) electrons. The van der Waals surface area contributed by atoms with Crippen molar-refractivity contribution >= 4 is 17.8 Å². The summed E-state index contributed by atoms with van der Waals surface area (Å²) in [6, 6.07) is 12.4. The number of amides is 2. The molecule has 0 saturated carbocycles. The fourth-order valence-corrected chi connectivity index (χ4v) is 3.59. The van der Waals surface area contributed by atoms with Crippen molar-refractivity contribution in [2.24, 2.45) is 16.6 Å². The van der Waals surface area contributed by atoms with Crippen LogP contribution in [0.1, 0.15) is 37.8 Å². The van der Waals surface area contributed by atoms with Gasteiger partial charge in [-0.15, -0.1) is 0 Å². The van der Waals surface area contributed by atoms with Gasteiger partial charge in [-0.25, -0.2) is 4.99 Å². The molecule has 4 N–H and O–H groups in total. The first-order valence-corrected chi connectivity index (χ1v) is 11.5. The summed E-state index contributed by atoms with van der Waals surface area (Å²) in [6.45, 7) is 4.42. The lowest BCUT2D eigenvalue weighted by Crippen LogP contribution is -2.39. The molecule has 0 aliphatic heterocycles. The van der Waals surface area contributed by atoms with E-state index in [2.05, 4.69) is 15.6 Å². The van der Waals surface area contributed by atoms with E-state index in [9.17, 15) is 9.59 Å². The molecule has 0 unspecified atom stereocenters. The number of guanidine groups is 1. The van der Waals surface area contributed by atoms with Crippen molar-refractivity contribution in [1.82, 2.24) is 10.6 Å². The van der Waals surface area contributed by atoms with Crippen molar-refractivity contribution in [3.8, 4) is 17.2 Å². The highest BCUT2D eigenvalue weighted by atomic mass is 16.5. The van der Waals surface area contributed by atoms with E-state index in [1.54, 1.807) is 33.5 Å². The zero-order valence-electron chi connectivity index (χ0n) is 21.1. The standard InChI is InChI=1S/C26H36N4O5/c1-17(2)11-20(15-24(31)28-16-19-9-10-22(34-4)23(13-19)35-5)29-26(27)30-25(32)14-18-7-6-8-21(12-18)33-3/h6-10,12-13,17,20H,11,14-16H2,1-5H3,(H,28,31)(H3,27,29,30,32)/t20-/m1/s1. The molecular formula is C26H36N4O5. The summed E-state index contributed by atoms with van der Waals surface area (Å²) >= 11 is 0. The molecule has 35 heavy (non-hydrogen) atoms. The van der Waals surface area contributed by atoms with Crippen molar-refractivity contribution in [1.29, 1.82) is 0 Å². The zero-order chi connectivity index (χ0) is 25.8. The van der Waals surface area contributed by atoms with Crippen molar-refractivity contribution in [3.05, 3.63) is 53.6 Å². The molecule has 0 aliphatic carbocycles. The second kappa shape index (κ2) is 13.8. The van der Waals surface area contributed by atoms with Crippen molar-refractivity contribution < 1.29 is 23.8 Å². The maximum Gasteiger partial charge on any atom is 0.231 e. The zero-order valence-corrected chi connectivity index (χ0v) is 21.1. The lowest BCUT2D eigenvalue weighted by Gasteiger charge is -2.16. The number of ether oxygens (including phenoxy) is 3. The van der Waals surface area contributed by atoms with E-state index < -0.39 is 0 Å². The van der Waals surface area contributed by atoms with Gasteiger partial charge in [0.2, 0.25) is 11.8 Å². The van der Waals surface area contributed by atoms with Crippen LogP contribution in [0.15, 0.2) is 47.5 Å². The number of carbonyl (C=O) groups excluding carboxylic acids is 2. The molecule has 0 bridgehead atoms. The number of hydrogen-bond acceptors (Lipinski definition) is 6. The van der Waals surface area contributed by atoms with Gasteiger partial charge in [-0.05, 0) is 47.7 Å². The van der Waals surface area contributed by atoms with Crippen molar-refractivity contribution in [3.63, 3.8) is 0 Å². The van der Waals surface area contributed by atoms with Crippen LogP contribution in [-0.4, -0.2) is 45.1 Å². The number of benzene rings is 2. The highest BCUT2D eigenvalue weighted by Gasteiger charge is 2.16. The highest BCUT2D eigenvalue weighted by molar-refractivity contribution is 5.97. The van der Waals surface area contributed by atoms with Crippen molar-refractivity contribution in [2.75, 3.05) is 21.3 Å². The Morgan fingerprint density at radius 2 is 1.69 bits per heavy atom. The quantitative estimate of drug-likeness (QED) is 0.314. The Balaban J connectivity index is 1.95.